The summed E-state index contributed by atoms with van der Waals surface area (Å²) in [5, 5.41) is 14.7. The molecule has 7 heteroatoms. The van der Waals surface area contributed by atoms with Crippen molar-refractivity contribution in [3.8, 4) is 11.1 Å². The first-order chi connectivity index (χ1) is 15.4. The van der Waals surface area contributed by atoms with E-state index >= 15 is 0 Å². The average molecular weight is 470 g/mol. The fourth-order valence-corrected chi connectivity index (χ4v) is 5.11. The van der Waals surface area contributed by atoms with Crippen LogP contribution < -0.4 is 5.32 Å². The van der Waals surface area contributed by atoms with Crippen LogP contribution in [0.1, 0.15) is 63.4 Å². The third-order valence-electron chi connectivity index (χ3n) is 6.40. The van der Waals surface area contributed by atoms with Gasteiger partial charge in [-0.15, -0.1) is 11.3 Å². The number of carbonyl (C=O) groups is 3. The van der Waals surface area contributed by atoms with E-state index in [2.05, 4.69) is 26.1 Å². The van der Waals surface area contributed by atoms with Crippen LogP contribution in [0.3, 0.4) is 0 Å². The van der Waals surface area contributed by atoms with Crippen molar-refractivity contribution in [2.45, 2.75) is 52.9 Å². The number of carbonyl (C=O) groups excluding carboxylic acids is 2. The van der Waals surface area contributed by atoms with E-state index in [1.807, 2.05) is 43.5 Å². The van der Waals surface area contributed by atoms with Crippen molar-refractivity contribution in [2.75, 3.05) is 12.4 Å². The fourth-order valence-electron chi connectivity index (χ4n) is 4.15. The highest BCUT2D eigenvalue weighted by atomic mass is 32.1. The normalized spacial score (nSPS) is 18.7. The summed E-state index contributed by atoms with van der Waals surface area (Å²) in [5.74, 6) is -3.42. The van der Waals surface area contributed by atoms with Gasteiger partial charge in [0.2, 0.25) is 5.91 Å². The van der Waals surface area contributed by atoms with E-state index in [0.717, 1.165) is 16.7 Å². The van der Waals surface area contributed by atoms with Gasteiger partial charge in [-0.25, -0.2) is 4.79 Å². The highest BCUT2D eigenvalue weighted by Gasteiger charge is 2.38. The van der Waals surface area contributed by atoms with E-state index < -0.39 is 29.7 Å². The lowest BCUT2D eigenvalue weighted by Gasteiger charge is -2.29. The molecule has 1 aliphatic carbocycles. The van der Waals surface area contributed by atoms with Crippen molar-refractivity contribution in [2.24, 2.45) is 11.8 Å². The van der Waals surface area contributed by atoms with Crippen LogP contribution in [0.5, 0.6) is 0 Å². The van der Waals surface area contributed by atoms with Gasteiger partial charge in [0, 0.05) is 10.9 Å². The zero-order valence-corrected chi connectivity index (χ0v) is 20.8. The number of hydrogen-bond donors (Lipinski definition) is 2. The summed E-state index contributed by atoms with van der Waals surface area (Å²) in [6, 6.07) is 7.98. The molecule has 2 aromatic rings. The molecule has 0 radical (unpaired) electrons. The van der Waals surface area contributed by atoms with Gasteiger partial charge in [-0.05, 0) is 43.2 Å². The number of hydrogen-bond acceptors (Lipinski definition) is 5. The smallest absolute Gasteiger partial charge is 0.341 e. The maximum Gasteiger partial charge on any atom is 0.341 e. The zero-order valence-electron chi connectivity index (χ0n) is 19.9. The quantitative estimate of drug-likeness (QED) is 0.421. The van der Waals surface area contributed by atoms with Crippen LogP contribution in [0.2, 0.25) is 0 Å². The third-order valence-corrected chi connectivity index (χ3v) is 7.30. The second-order valence-corrected chi connectivity index (χ2v) is 10.6. The number of allylic oxidation sites excluding steroid dienone is 2. The lowest BCUT2D eigenvalue weighted by molar-refractivity contribution is -0.146. The van der Waals surface area contributed by atoms with Gasteiger partial charge in [-0.3, -0.25) is 9.59 Å². The molecule has 33 heavy (non-hydrogen) atoms. The van der Waals surface area contributed by atoms with Crippen molar-refractivity contribution in [3.05, 3.63) is 51.9 Å². The highest BCUT2D eigenvalue weighted by Crippen LogP contribution is 2.39. The topological polar surface area (TPSA) is 92.7 Å². The first-order valence-electron chi connectivity index (χ1n) is 10.9. The first kappa shape index (κ1) is 24.7. The Kier molecular flexibility index (Phi) is 7.12. The molecule has 1 aliphatic rings. The SMILES string of the molecule is COC(=O)c1c(-c2ccc(C(C)(C)C)cc2)csc1NC(=O)C1CC(C)=C(C)CC1C(=O)O. The average Bonchev–Trinajstić information content (AvgIpc) is 3.17. The Hall–Kier alpha value is -2.93. The number of benzene rings is 1. The molecular formula is C26H31NO5S. The molecule has 1 aromatic heterocycles. The molecule has 0 aliphatic heterocycles. The zero-order chi connectivity index (χ0) is 24.5. The minimum Gasteiger partial charge on any atom is -0.481 e. The van der Waals surface area contributed by atoms with Crippen LogP contribution in [0.4, 0.5) is 5.00 Å². The summed E-state index contributed by atoms with van der Waals surface area (Å²) < 4.78 is 5.01. The number of ether oxygens (including phenoxy) is 1. The summed E-state index contributed by atoms with van der Waals surface area (Å²) >= 11 is 1.24. The number of thiophene rings is 1. The molecule has 0 saturated heterocycles. The molecule has 1 heterocycles. The summed E-state index contributed by atoms with van der Waals surface area (Å²) in [4.78, 5) is 37.6. The Morgan fingerprint density at radius 2 is 1.61 bits per heavy atom. The lowest BCUT2D eigenvalue weighted by atomic mass is 9.76. The van der Waals surface area contributed by atoms with Crippen LogP contribution >= 0.6 is 11.3 Å². The summed E-state index contributed by atoms with van der Waals surface area (Å²) in [5.41, 5.74) is 5.02. The molecule has 3 rings (SSSR count). The molecule has 0 spiro atoms. The maximum absolute atomic E-state index is 13.2. The Balaban J connectivity index is 1.94. The van der Waals surface area contributed by atoms with Gasteiger partial charge in [0.1, 0.15) is 10.6 Å². The predicted octanol–water partition coefficient (Wildman–Crippen LogP) is 5.88. The lowest BCUT2D eigenvalue weighted by Crippen LogP contribution is -2.36. The Bertz CT molecular complexity index is 1100. The molecule has 2 N–H and O–H groups in total. The van der Waals surface area contributed by atoms with Crippen LogP contribution in [-0.2, 0) is 19.7 Å². The van der Waals surface area contributed by atoms with E-state index in [0.29, 0.717) is 23.4 Å². The molecule has 6 nitrogen and oxygen atoms in total. The first-order valence-corrected chi connectivity index (χ1v) is 11.8. The number of methoxy groups -OCH3 is 1. The number of rotatable bonds is 5. The second-order valence-electron chi connectivity index (χ2n) is 9.68. The molecule has 2 unspecified atom stereocenters. The standard InChI is InChI=1S/C26H31NO5S/c1-14-11-18(19(24(29)30)12-15(14)2)22(28)27-23-21(25(31)32-6)20(13-33-23)16-7-9-17(10-8-16)26(3,4)5/h7-10,13,18-19H,11-12H2,1-6H3,(H,27,28)(H,29,30). The molecule has 0 bridgehead atoms. The number of carboxylic acid groups (broad SMARTS) is 1. The summed E-state index contributed by atoms with van der Waals surface area (Å²) in [7, 11) is 1.30. The Morgan fingerprint density at radius 3 is 2.12 bits per heavy atom. The van der Waals surface area contributed by atoms with Crippen LogP contribution in [0, 0.1) is 11.8 Å². The number of amides is 1. The molecular weight excluding hydrogens is 438 g/mol. The Morgan fingerprint density at radius 1 is 1.03 bits per heavy atom. The monoisotopic (exact) mass is 469 g/mol. The van der Waals surface area contributed by atoms with Gasteiger partial charge in [-0.1, -0.05) is 56.2 Å². The van der Waals surface area contributed by atoms with Crippen molar-refractivity contribution < 1.29 is 24.2 Å². The van der Waals surface area contributed by atoms with Crippen molar-refractivity contribution in [3.63, 3.8) is 0 Å². The maximum atomic E-state index is 13.2. The number of aliphatic carboxylic acids is 1. The van der Waals surface area contributed by atoms with E-state index in [1.54, 1.807) is 0 Å². The van der Waals surface area contributed by atoms with Gasteiger partial charge < -0.3 is 15.2 Å². The number of carboxylic acids is 1. The van der Waals surface area contributed by atoms with E-state index in [1.165, 1.54) is 24.0 Å². The van der Waals surface area contributed by atoms with Crippen molar-refractivity contribution in [1.82, 2.24) is 0 Å². The largest absolute Gasteiger partial charge is 0.481 e. The minimum absolute atomic E-state index is 0.00308. The Labute approximate surface area is 198 Å². The summed E-state index contributed by atoms with van der Waals surface area (Å²) in [6.07, 6.45) is 0.730. The van der Waals surface area contributed by atoms with Gasteiger partial charge in [-0.2, -0.15) is 0 Å². The van der Waals surface area contributed by atoms with E-state index in [9.17, 15) is 19.5 Å². The summed E-state index contributed by atoms with van der Waals surface area (Å²) in [6.45, 7) is 10.2. The van der Waals surface area contributed by atoms with Gasteiger partial charge in [0.05, 0.1) is 18.9 Å². The van der Waals surface area contributed by atoms with Crippen LogP contribution in [0.25, 0.3) is 11.1 Å². The van der Waals surface area contributed by atoms with Crippen molar-refractivity contribution in [1.29, 1.82) is 0 Å². The van der Waals surface area contributed by atoms with Gasteiger partial charge in [0.25, 0.3) is 0 Å². The molecule has 0 saturated carbocycles. The van der Waals surface area contributed by atoms with Crippen LogP contribution in [-0.4, -0.2) is 30.1 Å². The highest BCUT2D eigenvalue weighted by molar-refractivity contribution is 7.15. The molecule has 1 aromatic carbocycles. The fraction of sp³-hybridized carbons (Fsp3) is 0.423. The number of nitrogens with one attached hydrogen (secondary N) is 1. The molecule has 2 atom stereocenters. The van der Waals surface area contributed by atoms with Gasteiger partial charge >= 0.3 is 11.9 Å². The van der Waals surface area contributed by atoms with Crippen LogP contribution in [0.15, 0.2) is 40.8 Å². The molecule has 1 amide bonds. The molecule has 176 valence electrons. The number of esters is 1. The molecule has 0 fully saturated rings. The minimum atomic E-state index is -0.985. The van der Waals surface area contributed by atoms with Crippen molar-refractivity contribution >= 4 is 34.2 Å². The predicted molar refractivity (Wildman–Crippen MR) is 131 cm³/mol. The van der Waals surface area contributed by atoms with E-state index in [-0.39, 0.29) is 11.0 Å². The second kappa shape index (κ2) is 9.51. The number of anilines is 1. The van der Waals surface area contributed by atoms with E-state index in [4.69, 9.17) is 4.74 Å². The third kappa shape index (κ3) is 5.19. The van der Waals surface area contributed by atoms with Gasteiger partial charge in [0.15, 0.2) is 0 Å².